The summed E-state index contributed by atoms with van der Waals surface area (Å²) in [5.41, 5.74) is 1.47. The highest BCUT2D eigenvalue weighted by Crippen LogP contribution is 2.10. The van der Waals surface area contributed by atoms with Gasteiger partial charge in [-0.2, -0.15) is 0 Å². The lowest BCUT2D eigenvalue weighted by Crippen LogP contribution is -2.14. The van der Waals surface area contributed by atoms with E-state index < -0.39 is 0 Å². The molecule has 2 aromatic heterocycles. The summed E-state index contributed by atoms with van der Waals surface area (Å²) in [6.07, 6.45) is 3.15. The summed E-state index contributed by atoms with van der Waals surface area (Å²) in [6, 6.07) is 9.19. The molecule has 6 nitrogen and oxygen atoms in total. The van der Waals surface area contributed by atoms with Gasteiger partial charge in [-0.15, -0.1) is 0 Å². The van der Waals surface area contributed by atoms with E-state index >= 15 is 0 Å². The average Bonchev–Trinajstić information content (AvgIpc) is 2.47. The first kappa shape index (κ1) is 14.6. The third-order valence-electron chi connectivity index (χ3n) is 2.63. The summed E-state index contributed by atoms with van der Waals surface area (Å²) in [6.45, 7) is 1.95. The first-order valence-corrected chi connectivity index (χ1v) is 6.52. The number of pyridine rings is 2. The van der Waals surface area contributed by atoms with Crippen molar-refractivity contribution in [1.82, 2.24) is 9.97 Å². The zero-order valence-electron chi connectivity index (χ0n) is 11.7. The van der Waals surface area contributed by atoms with Gasteiger partial charge in [-0.1, -0.05) is 6.07 Å². The van der Waals surface area contributed by atoms with E-state index in [2.05, 4.69) is 20.6 Å². The maximum Gasteiger partial charge on any atom is 0.231 e. The Labute approximate surface area is 122 Å². The molecular weight excluding hydrogens is 268 g/mol. The normalized spacial score (nSPS) is 9.95. The summed E-state index contributed by atoms with van der Waals surface area (Å²) in [7, 11) is 0. The number of nitrogens with one attached hydrogen (secondary N) is 2. The number of amides is 1. The molecule has 0 aliphatic heterocycles. The van der Waals surface area contributed by atoms with E-state index in [0.29, 0.717) is 18.1 Å². The molecule has 2 N–H and O–H groups in total. The molecular formula is C15H16N4O2. The van der Waals surface area contributed by atoms with Crippen LogP contribution in [-0.4, -0.2) is 21.7 Å². The maximum atomic E-state index is 11.4. The minimum Gasteiger partial charge on any atom is -0.364 e. The summed E-state index contributed by atoms with van der Waals surface area (Å²) >= 11 is 0. The van der Waals surface area contributed by atoms with E-state index in [1.807, 2.05) is 18.2 Å². The van der Waals surface area contributed by atoms with Gasteiger partial charge in [-0.25, -0.2) is 4.98 Å². The number of anilines is 2. The predicted octanol–water partition coefficient (Wildman–Crippen LogP) is 2.01. The van der Waals surface area contributed by atoms with Crippen LogP contribution in [0.1, 0.15) is 19.0 Å². The minimum absolute atomic E-state index is 0.125. The monoisotopic (exact) mass is 284 g/mol. The molecule has 0 spiro atoms. The number of hydrogen-bond donors (Lipinski definition) is 2. The summed E-state index contributed by atoms with van der Waals surface area (Å²) < 4.78 is 0. The molecule has 2 aromatic rings. The standard InChI is InChI=1S/C15H16N4O2/c1-11(20)8-15(21)19-13-5-6-14(18-10-13)17-9-12-4-2-3-7-16-12/h2-7,10H,8-9H2,1H3,(H,17,18)(H,19,21). The van der Waals surface area contributed by atoms with Crippen LogP contribution in [0.4, 0.5) is 11.5 Å². The first-order chi connectivity index (χ1) is 10.1. The predicted molar refractivity (Wildman–Crippen MR) is 79.7 cm³/mol. The van der Waals surface area contributed by atoms with Gasteiger partial charge >= 0.3 is 0 Å². The lowest BCUT2D eigenvalue weighted by molar-refractivity contribution is -0.124. The van der Waals surface area contributed by atoms with E-state index in [0.717, 1.165) is 5.69 Å². The van der Waals surface area contributed by atoms with Gasteiger partial charge in [-0.3, -0.25) is 14.6 Å². The molecule has 6 heteroatoms. The topological polar surface area (TPSA) is 84.0 Å². The smallest absolute Gasteiger partial charge is 0.231 e. The second kappa shape index (κ2) is 7.14. The van der Waals surface area contributed by atoms with Crippen LogP contribution in [0.25, 0.3) is 0 Å². The third kappa shape index (κ3) is 5.02. The Bertz CT molecular complexity index is 611. The minimum atomic E-state index is -0.335. The number of hydrogen-bond acceptors (Lipinski definition) is 5. The molecule has 1 amide bonds. The SMILES string of the molecule is CC(=O)CC(=O)Nc1ccc(NCc2ccccn2)nc1. The van der Waals surface area contributed by atoms with Crippen LogP contribution >= 0.6 is 0 Å². The molecule has 0 fully saturated rings. The zero-order chi connectivity index (χ0) is 15.1. The molecule has 0 unspecified atom stereocenters. The number of aromatic nitrogens is 2. The number of carbonyl (C=O) groups is 2. The van der Waals surface area contributed by atoms with Crippen LogP contribution in [0.3, 0.4) is 0 Å². The van der Waals surface area contributed by atoms with Crippen LogP contribution < -0.4 is 10.6 Å². The molecule has 0 aliphatic rings. The van der Waals surface area contributed by atoms with E-state index in [1.165, 1.54) is 6.92 Å². The van der Waals surface area contributed by atoms with E-state index in [1.54, 1.807) is 24.5 Å². The summed E-state index contributed by atoms with van der Waals surface area (Å²) in [5, 5.41) is 5.75. The number of ketones is 1. The zero-order valence-corrected chi connectivity index (χ0v) is 11.7. The molecule has 108 valence electrons. The van der Waals surface area contributed by atoms with Gasteiger partial charge < -0.3 is 10.6 Å². The maximum absolute atomic E-state index is 11.4. The highest BCUT2D eigenvalue weighted by atomic mass is 16.2. The molecule has 0 saturated carbocycles. The Morgan fingerprint density at radius 3 is 2.62 bits per heavy atom. The van der Waals surface area contributed by atoms with Crippen molar-refractivity contribution in [2.24, 2.45) is 0 Å². The highest BCUT2D eigenvalue weighted by molar-refractivity contribution is 6.03. The number of nitrogens with zero attached hydrogens (tertiary/aromatic N) is 2. The Kier molecular flexibility index (Phi) is 4.98. The Hall–Kier alpha value is -2.76. The average molecular weight is 284 g/mol. The van der Waals surface area contributed by atoms with Gasteiger partial charge in [-0.05, 0) is 31.2 Å². The number of Topliss-reactive ketones (excluding diaryl/α,β-unsaturated/α-hetero) is 1. The van der Waals surface area contributed by atoms with Crippen LogP contribution in [0.2, 0.25) is 0 Å². The Morgan fingerprint density at radius 2 is 2.00 bits per heavy atom. The molecule has 0 atom stereocenters. The van der Waals surface area contributed by atoms with Crippen molar-refractivity contribution in [2.75, 3.05) is 10.6 Å². The molecule has 0 aromatic carbocycles. The van der Waals surface area contributed by atoms with Crippen LogP contribution in [-0.2, 0) is 16.1 Å². The summed E-state index contributed by atoms with van der Waals surface area (Å²) in [4.78, 5) is 30.6. The van der Waals surface area contributed by atoms with Crippen molar-refractivity contribution in [3.8, 4) is 0 Å². The number of carbonyl (C=O) groups excluding carboxylic acids is 2. The fourth-order valence-corrected chi connectivity index (χ4v) is 1.69. The Balaban J connectivity index is 1.87. The van der Waals surface area contributed by atoms with Gasteiger partial charge in [0.25, 0.3) is 0 Å². The fraction of sp³-hybridized carbons (Fsp3) is 0.200. The molecule has 0 bridgehead atoms. The molecule has 2 rings (SSSR count). The molecule has 21 heavy (non-hydrogen) atoms. The quantitative estimate of drug-likeness (QED) is 0.793. The third-order valence-corrected chi connectivity index (χ3v) is 2.63. The number of rotatable bonds is 6. The van der Waals surface area contributed by atoms with Gasteiger partial charge in [0, 0.05) is 6.20 Å². The fourth-order valence-electron chi connectivity index (χ4n) is 1.69. The van der Waals surface area contributed by atoms with Crippen LogP contribution in [0, 0.1) is 0 Å². The van der Waals surface area contributed by atoms with Crippen molar-refractivity contribution in [1.29, 1.82) is 0 Å². The van der Waals surface area contributed by atoms with Gasteiger partial charge in [0.05, 0.1) is 30.5 Å². The van der Waals surface area contributed by atoms with Crippen molar-refractivity contribution in [3.63, 3.8) is 0 Å². The second-order valence-electron chi connectivity index (χ2n) is 4.53. The van der Waals surface area contributed by atoms with Crippen molar-refractivity contribution in [2.45, 2.75) is 19.9 Å². The molecule has 0 aliphatic carbocycles. The van der Waals surface area contributed by atoms with E-state index in [4.69, 9.17) is 0 Å². The van der Waals surface area contributed by atoms with Gasteiger partial charge in [0.1, 0.15) is 11.6 Å². The summed E-state index contributed by atoms with van der Waals surface area (Å²) in [5.74, 6) is 0.179. The van der Waals surface area contributed by atoms with Crippen molar-refractivity contribution in [3.05, 3.63) is 48.4 Å². The lowest BCUT2D eigenvalue weighted by Gasteiger charge is -2.07. The van der Waals surface area contributed by atoms with Crippen LogP contribution in [0.5, 0.6) is 0 Å². The molecule has 0 radical (unpaired) electrons. The lowest BCUT2D eigenvalue weighted by atomic mass is 10.3. The largest absolute Gasteiger partial charge is 0.364 e. The highest BCUT2D eigenvalue weighted by Gasteiger charge is 2.05. The van der Waals surface area contributed by atoms with E-state index in [9.17, 15) is 9.59 Å². The van der Waals surface area contributed by atoms with Gasteiger partial charge in [0.2, 0.25) is 5.91 Å². The van der Waals surface area contributed by atoms with Crippen molar-refractivity contribution >= 4 is 23.2 Å². The van der Waals surface area contributed by atoms with Crippen LogP contribution in [0.15, 0.2) is 42.7 Å². The molecule has 2 heterocycles. The molecule has 0 saturated heterocycles. The first-order valence-electron chi connectivity index (χ1n) is 6.52. The van der Waals surface area contributed by atoms with Gasteiger partial charge in [0.15, 0.2) is 0 Å². The van der Waals surface area contributed by atoms with E-state index in [-0.39, 0.29) is 18.1 Å². The van der Waals surface area contributed by atoms with Crippen molar-refractivity contribution < 1.29 is 9.59 Å². The second-order valence-corrected chi connectivity index (χ2v) is 4.53. The Morgan fingerprint density at radius 1 is 1.14 bits per heavy atom.